The molecule has 0 spiro atoms. The van der Waals surface area contributed by atoms with E-state index in [0.29, 0.717) is 38.4 Å². The van der Waals surface area contributed by atoms with Crippen molar-refractivity contribution < 1.29 is 31.9 Å². The highest BCUT2D eigenvalue weighted by atomic mass is 19.4. The van der Waals surface area contributed by atoms with Gasteiger partial charge in [-0.3, -0.25) is 9.59 Å². The SMILES string of the molecule is CN(CCC12CCC(C)(O1)C1C(=O)N(c3ccc(C#N)c(C(F)(F)F)c3)C(=O)[C@H]12)Cc1ccc(F)cc1. The second-order valence-electron chi connectivity index (χ2n) is 10.4. The molecule has 2 amide bonds. The summed E-state index contributed by atoms with van der Waals surface area (Å²) in [5.41, 5.74) is -2.83. The summed E-state index contributed by atoms with van der Waals surface area (Å²) < 4.78 is 60.3. The third kappa shape index (κ3) is 4.10. The van der Waals surface area contributed by atoms with Gasteiger partial charge >= 0.3 is 6.18 Å². The van der Waals surface area contributed by atoms with E-state index < -0.39 is 52.2 Å². The number of amides is 2. The molecular formula is C27H25F4N3O3. The summed E-state index contributed by atoms with van der Waals surface area (Å²) in [5.74, 6) is -3.06. The van der Waals surface area contributed by atoms with E-state index in [1.165, 1.54) is 24.3 Å². The van der Waals surface area contributed by atoms with E-state index in [4.69, 9.17) is 10.00 Å². The molecule has 3 aliphatic rings. The summed E-state index contributed by atoms with van der Waals surface area (Å²) in [6, 6.07) is 10.6. The normalized spacial score (nSPS) is 28.8. The Labute approximate surface area is 211 Å². The van der Waals surface area contributed by atoms with Gasteiger partial charge in [0.1, 0.15) is 5.82 Å². The van der Waals surface area contributed by atoms with Crippen LogP contribution in [0.4, 0.5) is 23.2 Å². The number of nitriles is 1. The van der Waals surface area contributed by atoms with Crippen LogP contribution in [0.25, 0.3) is 0 Å². The minimum Gasteiger partial charge on any atom is -0.367 e. The molecule has 37 heavy (non-hydrogen) atoms. The fourth-order valence-electron chi connectivity index (χ4n) is 6.23. The molecule has 0 saturated carbocycles. The summed E-state index contributed by atoms with van der Waals surface area (Å²) in [7, 11) is 1.89. The quantitative estimate of drug-likeness (QED) is 0.413. The maximum Gasteiger partial charge on any atom is 0.417 e. The standard InChI is InChI=1S/C27H25F4N3O3/c1-25-9-10-26(37-25,11-12-33(2)15-16-3-6-18(28)7-4-16)22-21(25)23(35)34(24(22)36)19-8-5-17(14-32)20(13-19)27(29,30)31/h3-8,13,21-22H,9-12,15H2,1-2H3/t21?,22-,25?,26?/m0/s1. The number of imide groups is 1. The maximum absolute atomic E-state index is 13.6. The molecule has 3 aliphatic heterocycles. The molecule has 2 bridgehead atoms. The van der Waals surface area contributed by atoms with Crippen LogP contribution in [-0.2, 0) is 27.0 Å². The first-order chi connectivity index (χ1) is 17.4. The van der Waals surface area contributed by atoms with Crippen molar-refractivity contribution in [3.05, 3.63) is 65.0 Å². The lowest BCUT2D eigenvalue weighted by molar-refractivity contribution is -0.138. The van der Waals surface area contributed by atoms with Gasteiger partial charge in [0, 0.05) is 13.1 Å². The van der Waals surface area contributed by atoms with Crippen LogP contribution >= 0.6 is 0 Å². The van der Waals surface area contributed by atoms with Gasteiger partial charge in [0.15, 0.2) is 0 Å². The van der Waals surface area contributed by atoms with Gasteiger partial charge in [-0.05, 0) is 69.1 Å². The molecule has 2 aromatic rings. The van der Waals surface area contributed by atoms with Gasteiger partial charge in [-0.2, -0.15) is 18.4 Å². The zero-order chi connectivity index (χ0) is 26.8. The van der Waals surface area contributed by atoms with Gasteiger partial charge in [0.2, 0.25) is 11.8 Å². The highest BCUT2D eigenvalue weighted by molar-refractivity contribution is 6.23. The van der Waals surface area contributed by atoms with Gasteiger partial charge in [-0.1, -0.05) is 12.1 Å². The average molecular weight is 516 g/mol. The Balaban J connectivity index is 1.40. The second kappa shape index (κ2) is 8.64. The first-order valence-electron chi connectivity index (χ1n) is 12.0. The largest absolute Gasteiger partial charge is 0.417 e. The summed E-state index contributed by atoms with van der Waals surface area (Å²) in [5, 5.41) is 9.09. The van der Waals surface area contributed by atoms with Crippen molar-refractivity contribution in [2.45, 2.75) is 50.1 Å². The van der Waals surface area contributed by atoms with Crippen LogP contribution in [0.15, 0.2) is 42.5 Å². The molecule has 6 nitrogen and oxygen atoms in total. The summed E-state index contributed by atoms with van der Waals surface area (Å²) in [4.78, 5) is 30.0. The maximum atomic E-state index is 13.6. The fraction of sp³-hybridized carbons (Fsp3) is 0.444. The smallest absolute Gasteiger partial charge is 0.367 e. The Bertz CT molecular complexity index is 1310. The van der Waals surface area contributed by atoms with Gasteiger partial charge < -0.3 is 9.64 Å². The molecule has 194 valence electrons. The van der Waals surface area contributed by atoms with Crippen LogP contribution in [0.5, 0.6) is 0 Å². The highest BCUT2D eigenvalue weighted by Gasteiger charge is 2.73. The van der Waals surface area contributed by atoms with Crippen LogP contribution in [0.2, 0.25) is 0 Å². The molecule has 0 radical (unpaired) electrons. The molecule has 2 aromatic carbocycles. The number of carbonyl (C=O) groups is 2. The van der Waals surface area contributed by atoms with Crippen molar-refractivity contribution in [1.29, 1.82) is 5.26 Å². The van der Waals surface area contributed by atoms with Crippen molar-refractivity contribution in [3.63, 3.8) is 0 Å². The van der Waals surface area contributed by atoms with Gasteiger partial charge in [-0.25, -0.2) is 9.29 Å². The lowest BCUT2D eigenvalue weighted by atomic mass is 9.67. The van der Waals surface area contributed by atoms with Crippen LogP contribution < -0.4 is 4.90 Å². The lowest BCUT2D eigenvalue weighted by Crippen LogP contribution is -2.44. The van der Waals surface area contributed by atoms with E-state index in [9.17, 15) is 27.2 Å². The van der Waals surface area contributed by atoms with Gasteiger partial charge in [0.25, 0.3) is 0 Å². The van der Waals surface area contributed by atoms with Crippen molar-refractivity contribution in [3.8, 4) is 6.07 Å². The predicted molar refractivity (Wildman–Crippen MR) is 124 cm³/mol. The summed E-state index contributed by atoms with van der Waals surface area (Å²) >= 11 is 0. The molecule has 3 fully saturated rings. The zero-order valence-electron chi connectivity index (χ0n) is 20.3. The van der Waals surface area contributed by atoms with E-state index in [-0.39, 0.29) is 11.5 Å². The number of benzene rings is 2. The third-order valence-corrected chi connectivity index (χ3v) is 7.98. The Morgan fingerprint density at radius 1 is 1.11 bits per heavy atom. The van der Waals surface area contributed by atoms with Crippen LogP contribution in [0.3, 0.4) is 0 Å². The fourth-order valence-corrected chi connectivity index (χ4v) is 6.23. The number of alkyl halides is 3. The molecule has 4 atom stereocenters. The second-order valence-corrected chi connectivity index (χ2v) is 10.4. The minimum absolute atomic E-state index is 0.192. The number of rotatable bonds is 6. The van der Waals surface area contributed by atoms with E-state index in [1.54, 1.807) is 19.1 Å². The summed E-state index contributed by atoms with van der Waals surface area (Å²) in [6.07, 6.45) is -3.24. The van der Waals surface area contributed by atoms with Gasteiger partial charge in [-0.15, -0.1) is 0 Å². The number of hydrogen-bond donors (Lipinski definition) is 0. The van der Waals surface area contributed by atoms with Crippen molar-refractivity contribution in [2.24, 2.45) is 11.8 Å². The molecular weight excluding hydrogens is 490 g/mol. The Morgan fingerprint density at radius 3 is 2.43 bits per heavy atom. The Morgan fingerprint density at radius 2 is 1.78 bits per heavy atom. The number of carbonyl (C=O) groups excluding carboxylic acids is 2. The monoisotopic (exact) mass is 515 g/mol. The van der Waals surface area contributed by atoms with E-state index in [2.05, 4.69) is 0 Å². The van der Waals surface area contributed by atoms with E-state index in [0.717, 1.165) is 16.5 Å². The predicted octanol–water partition coefficient (Wildman–Crippen LogP) is 4.67. The molecule has 0 N–H and O–H groups in total. The van der Waals surface area contributed by atoms with Crippen LogP contribution in [0.1, 0.15) is 42.9 Å². The molecule has 3 heterocycles. The van der Waals surface area contributed by atoms with E-state index in [1.807, 2.05) is 11.9 Å². The minimum atomic E-state index is -4.81. The van der Waals surface area contributed by atoms with Crippen molar-refractivity contribution >= 4 is 17.5 Å². The lowest BCUT2D eigenvalue weighted by Gasteiger charge is -2.32. The molecule has 10 heteroatoms. The molecule has 5 rings (SSSR count). The Kier molecular flexibility index (Phi) is 5.92. The number of halogens is 4. The third-order valence-electron chi connectivity index (χ3n) is 7.98. The highest BCUT2D eigenvalue weighted by Crippen LogP contribution is 2.62. The molecule has 3 unspecified atom stereocenters. The van der Waals surface area contributed by atoms with Crippen LogP contribution in [0, 0.1) is 29.0 Å². The van der Waals surface area contributed by atoms with Crippen molar-refractivity contribution in [1.82, 2.24) is 4.90 Å². The number of anilines is 1. The first-order valence-corrected chi connectivity index (χ1v) is 12.0. The van der Waals surface area contributed by atoms with Crippen LogP contribution in [-0.4, -0.2) is 41.5 Å². The van der Waals surface area contributed by atoms with E-state index >= 15 is 0 Å². The molecule has 3 saturated heterocycles. The Hall–Kier alpha value is -3.29. The summed E-state index contributed by atoms with van der Waals surface area (Å²) in [6.45, 7) is 2.87. The zero-order valence-corrected chi connectivity index (χ0v) is 20.3. The first kappa shape index (κ1) is 25.4. The number of fused-ring (bicyclic) bond motifs is 5. The number of hydrogen-bond acceptors (Lipinski definition) is 5. The number of ether oxygens (including phenoxy) is 1. The average Bonchev–Trinajstić information content (AvgIpc) is 3.43. The molecule has 0 aromatic heterocycles. The molecule has 0 aliphatic carbocycles. The van der Waals surface area contributed by atoms with Gasteiger partial charge in [0.05, 0.1) is 45.9 Å². The van der Waals surface area contributed by atoms with Crippen molar-refractivity contribution in [2.75, 3.05) is 18.5 Å². The topological polar surface area (TPSA) is 73.6 Å². The number of nitrogens with zero attached hydrogens (tertiary/aromatic N) is 3.